The molecule has 0 radical (unpaired) electrons. The van der Waals surface area contributed by atoms with Crippen LogP contribution in [0.5, 0.6) is 0 Å². The van der Waals surface area contributed by atoms with Gasteiger partial charge in [-0.3, -0.25) is 4.79 Å². The summed E-state index contributed by atoms with van der Waals surface area (Å²) in [4.78, 5) is 13.7. The Bertz CT molecular complexity index is 793. The minimum absolute atomic E-state index is 0.100. The normalized spacial score (nSPS) is 10.6. The fourth-order valence-electron chi connectivity index (χ4n) is 2.35. The highest BCUT2D eigenvalue weighted by atomic mass is 79.9. The molecule has 5 heteroatoms. The van der Waals surface area contributed by atoms with E-state index < -0.39 is 0 Å². The quantitative estimate of drug-likeness (QED) is 0.664. The number of carbonyl (C=O) groups is 1. The second-order valence-corrected chi connectivity index (χ2v) is 6.67. The smallest absolute Gasteiger partial charge is 0.272 e. The first-order valence-corrected chi connectivity index (χ1v) is 8.66. The first kappa shape index (κ1) is 15.1. The van der Waals surface area contributed by atoms with Crippen LogP contribution < -0.4 is 5.32 Å². The Labute approximate surface area is 141 Å². The van der Waals surface area contributed by atoms with Crippen molar-refractivity contribution in [1.82, 2.24) is 4.57 Å². The largest absolute Gasteiger partial charge is 0.343 e. The molecule has 0 aliphatic rings. The molecule has 0 spiro atoms. The topological polar surface area (TPSA) is 34.0 Å². The number of thiophene rings is 1. The fourth-order valence-corrected chi connectivity index (χ4v) is 3.58. The highest BCUT2D eigenvalue weighted by Crippen LogP contribution is 2.31. The van der Waals surface area contributed by atoms with Crippen molar-refractivity contribution < 1.29 is 4.79 Å². The molecule has 2 heterocycles. The Morgan fingerprint density at radius 1 is 1.27 bits per heavy atom. The van der Waals surface area contributed by atoms with Crippen LogP contribution in [0, 0.1) is 0 Å². The van der Waals surface area contributed by atoms with E-state index in [0.717, 1.165) is 27.1 Å². The lowest BCUT2D eigenvalue weighted by Gasteiger charge is -2.11. The first-order chi connectivity index (χ1) is 10.7. The molecule has 22 heavy (non-hydrogen) atoms. The number of halogens is 1. The van der Waals surface area contributed by atoms with Crippen LogP contribution in [-0.4, -0.2) is 10.5 Å². The van der Waals surface area contributed by atoms with Gasteiger partial charge in [-0.05, 0) is 46.4 Å². The number of rotatable bonds is 4. The van der Waals surface area contributed by atoms with Crippen molar-refractivity contribution in [2.75, 3.05) is 5.32 Å². The summed E-state index contributed by atoms with van der Waals surface area (Å²) in [5, 5.41) is 5.06. The highest BCUT2D eigenvalue weighted by Gasteiger charge is 2.14. The zero-order valence-electron chi connectivity index (χ0n) is 12.0. The van der Waals surface area contributed by atoms with E-state index >= 15 is 0 Å². The second-order valence-electron chi connectivity index (χ2n) is 4.81. The third-order valence-electron chi connectivity index (χ3n) is 3.40. The molecular weight excluding hydrogens is 360 g/mol. The van der Waals surface area contributed by atoms with Gasteiger partial charge in [-0.1, -0.05) is 24.3 Å². The molecule has 3 nitrogen and oxygen atoms in total. The summed E-state index contributed by atoms with van der Waals surface area (Å²) in [6.07, 6.45) is 1.92. The average molecular weight is 375 g/mol. The number of nitrogens with one attached hydrogen (secondary N) is 1. The maximum atomic E-state index is 12.6. The van der Waals surface area contributed by atoms with Crippen molar-refractivity contribution in [3.8, 4) is 10.4 Å². The van der Waals surface area contributed by atoms with Crippen molar-refractivity contribution in [2.24, 2.45) is 0 Å². The van der Waals surface area contributed by atoms with Gasteiger partial charge in [0.15, 0.2) is 0 Å². The number of benzene rings is 1. The lowest BCUT2D eigenvalue weighted by Crippen LogP contribution is -2.16. The van der Waals surface area contributed by atoms with Crippen LogP contribution in [-0.2, 0) is 6.54 Å². The van der Waals surface area contributed by atoms with Gasteiger partial charge in [0.25, 0.3) is 5.91 Å². The van der Waals surface area contributed by atoms with Gasteiger partial charge in [0.1, 0.15) is 5.69 Å². The zero-order valence-corrected chi connectivity index (χ0v) is 14.4. The van der Waals surface area contributed by atoms with Crippen LogP contribution in [0.15, 0.2) is 58.5 Å². The molecule has 0 aliphatic carbocycles. The number of aromatic nitrogens is 1. The first-order valence-electron chi connectivity index (χ1n) is 6.99. The number of carbonyl (C=O) groups excluding carboxylic acids is 1. The number of nitrogens with zero attached hydrogens (tertiary/aromatic N) is 1. The van der Waals surface area contributed by atoms with Gasteiger partial charge in [-0.2, -0.15) is 0 Å². The second kappa shape index (κ2) is 6.50. The molecule has 1 N–H and O–H groups in total. The Morgan fingerprint density at radius 2 is 2.09 bits per heavy atom. The molecule has 112 valence electrons. The van der Waals surface area contributed by atoms with Crippen molar-refractivity contribution in [3.63, 3.8) is 0 Å². The van der Waals surface area contributed by atoms with E-state index in [-0.39, 0.29) is 5.91 Å². The molecule has 2 aromatic heterocycles. The Kier molecular flexibility index (Phi) is 4.45. The van der Waals surface area contributed by atoms with E-state index in [9.17, 15) is 4.79 Å². The summed E-state index contributed by atoms with van der Waals surface area (Å²) in [5.41, 5.74) is 2.52. The van der Waals surface area contributed by atoms with Crippen LogP contribution in [0.1, 0.15) is 17.4 Å². The molecule has 3 rings (SSSR count). The molecular formula is C17H15BrN2OS. The number of amides is 1. The summed E-state index contributed by atoms with van der Waals surface area (Å²) >= 11 is 5.09. The van der Waals surface area contributed by atoms with Gasteiger partial charge >= 0.3 is 0 Å². The van der Waals surface area contributed by atoms with Gasteiger partial charge in [0, 0.05) is 33.3 Å². The van der Waals surface area contributed by atoms with Crippen LogP contribution >= 0.6 is 27.3 Å². The predicted molar refractivity (Wildman–Crippen MR) is 95.5 cm³/mol. The number of para-hydroxylation sites is 1. The number of aryl methyl sites for hydroxylation is 1. The van der Waals surface area contributed by atoms with E-state index in [1.807, 2.05) is 59.5 Å². The van der Waals surface area contributed by atoms with Crippen LogP contribution in [0.4, 0.5) is 5.69 Å². The molecule has 0 bridgehead atoms. The minimum Gasteiger partial charge on any atom is -0.343 e. The van der Waals surface area contributed by atoms with E-state index in [4.69, 9.17) is 0 Å². The SMILES string of the molecule is CCn1cc(Br)cc1C(=O)Nc1ccccc1-c1cccs1. The maximum Gasteiger partial charge on any atom is 0.272 e. The summed E-state index contributed by atoms with van der Waals surface area (Å²) in [5.74, 6) is -0.100. The van der Waals surface area contributed by atoms with Crippen LogP contribution in [0.3, 0.4) is 0 Å². The molecule has 0 fully saturated rings. The van der Waals surface area contributed by atoms with E-state index in [0.29, 0.717) is 5.69 Å². The number of hydrogen-bond donors (Lipinski definition) is 1. The summed E-state index contributed by atoms with van der Waals surface area (Å²) in [6.45, 7) is 2.77. The monoisotopic (exact) mass is 374 g/mol. The van der Waals surface area contributed by atoms with Gasteiger partial charge in [0.2, 0.25) is 0 Å². The third-order valence-corrected chi connectivity index (χ3v) is 4.74. The Balaban J connectivity index is 1.92. The van der Waals surface area contributed by atoms with E-state index in [1.165, 1.54) is 0 Å². The zero-order chi connectivity index (χ0) is 15.5. The molecule has 1 aromatic carbocycles. The minimum atomic E-state index is -0.100. The average Bonchev–Trinajstić information content (AvgIpc) is 3.17. The lowest BCUT2D eigenvalue weighted by molar-refractivity contribution is 0.101. The Morgan fingerprint density at radius 3 is 2.82 bits per heavy atom. The highest BCUT2D eigenvalue weighted by molar-refractivity contribution is 9.10. The van der Waals surface area contributed by atoms with Gasteiger partial charge in [-0.15, -0.1) is 11.3 Å². The third kappa shape index (κ3) is 3.00. The Hall–Kier alpha value is -1.85. The molecule has 0 aliphatic heterocycles. The van der Waals surface area contributed by atoms with Crippen molar-refractivity contribution in [1.29, 1.82) is 0 Å². The summed E-state index contributed by atoms with van der Waals surface area (Å²) in [7, 11) is 0. The fraction of sp³-hybridized carbons (Fsp3) is 0.118. The maximum absolute atomic E-state index is 12.6. The molecule has 0 atom stereocenters. The lowest BCUT2D eigenvalue weighted by atomic mass is 10.1. The number of hydrogen-bond acceptors (Lipinski definition) is 2. The van der Waals surface area contributed by atoms with Gasteiger partial charge < -0.3 is 9.88 Å². The molecule has 1 amide bonds. The van der Waals surface area contributed by atoms with E-state index in [2.05, 4.69) is 27.3 Å². The summed E-state index contributed by atoms with van der Waals surface area (Å²) < 4.78 is 2.83. The molecule has 0 saturated carbocycles. The van der Waals surface area contributed by atoms with Crippen LogP contribution in [0.25, 0.3) is 10.4 Å². The van der Waals surface area contributed by atoms with E-state index in [1.54, 1.807) is 11.3 Å². The van der Waals surface area contributed by atoms with Gasteiger partial charge in [0.05, 0.1) is 0 Å². The van der Waals surface area contributed by atoms with Crippen molar-refractivity contribution in [2.45, 2.75) is 13.5 Å². The molecule has 3 aromatic rings. The number of anilines is 1. The standard InChI is InChI=1S/C17H15BrN2OS/c1-2-20-11-12(18)10-15(20)17(21)19-14-7-4-3-6-13(14)16-8-5-9-22-16/h3-11H,2H2,1H3,(H,19,21). The molecule has 0 unspecified atom stereocenters. The predicted octanol–water partition coefficient (Wildman–Crippen LogP) is 5.25. The van der Waals surface area contributed by atoms with Crippen molar-refractivity contribution >= 4 is 38.9 Å². The summed E-state index contributed by atoms with van der Waals surface area (Å²) in [6, 6.07) is 13.8. The molecule has 0 saturated heterocycles. The van der Waals surface area contributed by atoms with Crippen molar-refractivity contribution in [3.05, 3.63) is 64.2 Å². The van der Waals surface area contributed by atoms with Crippen LogP contribution in [0.2, 0.25) is 0 Å². The van der Waals surface area contributed by atoms with Gasteiger partial charge in [-0.25, -0.2) is 0 Å².